The van der Waals surface area contributed by atoms with E-state index in [1.165, 1.54) is 27.3 Å². The summed E-state index contributed by atoms with van der Waals surface area (Å²) in [5.41, 5.74) is 6.26. The second-order valence-electron chi connectivity index (χ2n) is 11.0. The SMILES string of the molecule is Cc1ccc(S(=O)(=O)/N=C2/C(C(C)(C)C)=C(C(C)(C)C)P2c2c(C)cc(C)cc2C)cc1. The molecule has 0 spiro atoms. The van der Waals surface area contributed by atoms with Gasteiger partial charge in [0, 0.05) is 7.92 Å². The Morgan fingerprint density at radius 2 is 1.25 bits per heavy atom. The Bertz CT molecular complexity index is 1200. The molecule has 3 rings (SSSR count). The Morgan fingerprint density at radius 1 is 0.750 bits per heavy atom. The first-order valence-electron chi connectivity index (χ1n) is 11.1. The molecule has 0 aliphatic carbocycles. The fraction of sp³-hybridized carbons (Fsp3) is 0.444. The molecule has 1 aliphatic rings. The molecule has 0 saturated carbocycles. The third-order valence-corrected chi connectivity index (χ3v) is 10.4. The van der Waals surface area contributed by atoms with Crippen LogP contribution in [0.2, 0.25) is 0 Å². The van der Waals surface area contributed by atoms with Gasteiger partial charge in [0.1, 0.15) is 0 Å². The highest BCUT2D eigenvalue weighted by atomic mass is 32.2. The second-order valence-corrected chi connectivity index (χ2v) is 14.6. The first kappa shape index (κ1) is 24.9. The molecule has 172 valence electrons. The predicted molar refractivity (Wildman–Crippen MR) is 139 cm³/mol. The van der Waals surface area contributed by atoms with Crippen LogP contribution in [0.3, 0.4) is 0 Å². The van der Waals surface area contributed by atoms with E-state index < -0.39 is 17.9 Å². The normalized spacial score (nSPS) is 18.8. The van der Waals surface area contributed by atoms with Crippen molar-refractivity contribution in [3.63, 3.8) is 0 Å². The Kier molecular flexibility index (Phi) is 6.39. The molecule has 0 N–H and O–H groups in total. The van der Waals surface area contributed by atoms with Crippen molar-refractivity contribution in [2.45, 2.75) is 74.1 Å². The van der Waals surface area contributed by atoms with E-state index in [1.807, 2.05) is 19.1 Å². The predicted octanol–water partition coefficient (Wildman–Crippen LogP) is 7.17. The van der Waals surface area contributed by atoms with Crippen molar-refractivity contribution < 1.29 is 8.42 Å². The topological polar surface area (TPSA) is 46.5 Å². The molecule has 0 bridgehead atoms. The Balaban J connectivity index is 2.34. The molecule has 1 aliphatic heterocycles. The highest BCUT2D eigenvalue weighted by molar-refractivity contribution is 7.94. The lowest BCUT2D eigenvalue weighted by atomic mass is 9.80. The van der Waals surface area contributed by atoms with E-state index in [0.29, 0.717) is 0 Å². The quantitative estimate of drug-likeness (QED) is 0.447. The van der Waals surface area contributed by atoms with Crippen LogP contribution in [0, 0.1) is 38.5 Å². The van der Waals surface area contributed by atoms with Crippen LogP contribution in [0.4, 0.5) is 0 Å². The number of hydrogen-bond donors (Lipinski definition) is 0. The summed E-state index contributed by atoms with van der Waals surface area (Å²) >= 11 is 0. The van der Waals surface area contributed by atoms with Crippen LogP contribution in [0.15, 0.2) is 56.6 Å². The van der Waals surface area contributed by atoms with Crippen LogP contribution in [-0.4, -0.2) is 13.9 Å². The summed E-state index contributed by atoms with van der Waals surface area (Å²) < 4.78 is 31.3. The van der Waals surface area contributed by atoms with Crippen LogP contribution in [0.5, 0.6) is 0 Å². The van der Waals surface area contributed by atoms with Crippen LogP contribution in [0.25, 0.3) is 0 Å². The van der Waals surface area contributed by atoms with Gasteiger partial charge < -0.3 is 0 Å². The number of rotatable bonds is 3. The fourth-order valence-electron chi connectivity index (χ4n) is 4.49. The Hall–Kier alpha value is -1.77. The van der Waals surface area contributed by atoms with Gasteiger partial charge >= 0.3 is 0 Å². The van der Waals surface area contributed by atoms with E-state index in [1.54, 1.807) is 12.1 Å². The molecule has 0 amide bonds. The maximum absolute atomic E-state index is 13.4. The molecule has 5 heteroatoms. The molecule has 1 unspecified atom stereocenters. The molecular weight excluding hydrogens is 433 g/mol. The summed E-state index contributed by atoms with van der Waals surface area (Å²) in [6, 6.07) is 11.4. The molecular formula is C27H36NO2PS. The zero-order valence-electron chi connectivity index (χ0n) is 21.1. The monoisotopic (exact) mass is 469 g/mol. The summed E-state index contributed by atoms with van der Waals surface area (Å²) in [4.78, 5) is 0.250. The van der Waals surface area contributed by atoms with Gasteiger partial charge in [-0.3, -0.25) is 0 Å². The summed E-state index contributed by atoms with van der Waals surface area (Å²) in [7, 11) is -4.78. The van der Waals surface area contributed by atoms with Crippen LogP contribution in [-0.2, 0) is 10.0 Å². The molecule has 0 aromatic heterocycles. The molecule has 0 saturated heterocycles. The second kappa shape index (κ2) is 8.22. The third kappa shape index (κ3) is 4.63. The molecule has 1 atom stereocenters. The minimum absolute atomic E-state index is 0.0786. The lowest BCUT2D eigenvalue weighted by Gasteiger charge is -2.48. The zero-order valence-corrected chi connectivity index (χ0v) is 22.8. The first-order valence-corrected chi connectivity index (χ1v) is 13.9. The van der Waals surface area contributed by atoms with Gasteiger partial charge in [-0.2, -0.15) is 12.8 Å². The largest absolute Gasteiger partial charge is 0.282 e. The van der Waals surface area contributed by atoms with Crippen molar-refractivity contribution >= 4 is 28.7 Å². The van der Waals surface area contributed by atoms with E-state index in [-0.39, 0.29) is 15.7 Å². The lowest BCUT2D eigenvalue weighted by Crippen LogP contribution is -2.37. The zero-order chi connectivity index (χ0) is 24.2. The smallest absolute Gasteiger partial charge is 0.199 e. The van der Waals surface area contributed by atoms with E-state index in [0.717, 1.165) is 16.6 Å². The van der Waals surface area contributed by atoms with Gasteiger partial charge in [-0.05, 0) is 78.0 Å². The molecule has 32 heavy (non-hydrogen) atoms. The Labute approximate surface area is 195 Å². The van der Waals surface area contributed by atoms with E-state index in [9.17, 15) is 8.42 Å². The van der Waals surface area contributed by atoms with E-state index >= 15 is 0 Å². The molecule has 1 heterocycles. The summed E-state index contributed by atoms with van der Waals surface area (Å²) in [5.74, 6) is 0. The standard InChI is InChI=1S/C27H36NO2PS/c1-17-11-13-21(14-12-17)32(29,30)28-25-22(26(5,6)7)24(27(8,9)10)31(25)23-19(3)15-18(2)16-20(23)4/h11-16H,1-10H3/b28-25-. The number of aryl methyl sites for hydroxylation is 4. The number of sulfonamides is 1. The number of allylic oxidation sites excluding steroid dienone is 2. The third-order valence-electron chi connectivity index (χ3n) is 5.74. The number of benzene rings is 2. The summed E-state index contributed by atoms with van der Waals surface area (Å²) in [6.07, 6.45) is 0. The first-order chi connectivity index (χ1) is 14.5. The minimum Gasteiger partial charge on any atom is -0.199 e. The molecule has 3 nitrogen and oxygen atoms in total. The van der Waals surface area contributed by atoms with Gasteiger partial charge in [0.2, 0.25) is 0 Å². The minimum atomic E-state index is -3.80. The summed E-state index contributed by atoms with van der Waals surface area (Å²) in [5, 5.41) is 2.61. The van der Waals surface area contributed by atoms with Crippen molar-refractivity contribution in [2.24, 2.45) is 15.2 Å². The summed E-state index contributed by atoms with van der Waals surface area (Å²) in [6.45, 7) is 21.5. The van der Waals surface area contributed by atoms with Gasteiger partial charge in [0.15, 0.2) is 0 Å². The van der Waals surface area contributed by atoms with Crippen LogP contribution in [0.1, 0.15) is 63.8 Å². The van der Waals surface area contributed by atoms with E-state index in [2.05, 4.69) is 78.8 Å². The molecule has 0 radical (unpaired) electrons. The maximum Gasteiger partial charge on any atom is 0.282 e. The molecule has 0 fully saturated rings. The van der Waals surface area contributed by atoms with Crippen molar-refractivity contribution in [2.75, 3.05) is 0 Å². The van der Waals surface area contributed by atoms with Gasteiger partial charge in [0.25, 0.3) is 10.0 Å². The van der Waals surface area contributed by atoms with Crippen molar-refractivity contribution in [3.05, 3.63) is 69.5 Å². The van der Waals surface area contributed by atoms with Gasteiger partial charge in [0.05, 0.1) is 10.3 Å². The Morgan fingerprint density at radius 3 is 1.69 bits per heavy atom. The van der Waals surface area contributed by atoms with Gasteiger partial charge in [-0.25, -0.2) is 0 Å². The average Bonchev–Trinajstić information content (AvgIpc) is 2.59. The number of nitrogens with zero attached hydrogens (tertiary/aromatic N) is 1. The van der Waals surface area contributed by atoms with Gasteiger partial charge in [-0.1, -0.05) is 76.9 Å². The number of hydrogen-bond acceptors (Lipinski definition) is 2. The lowest BCUT2D eigenvalue weighted by molar-refractivity contribution is 0.475. The van der Waals surface area contributed by atoms with Gasteiger partial charge in [-0.15, -0.1) is 0 Å². The van der Waals surface area contributed by atoms with Crippen molar-refractivity contribution in [1.29, 1.82) is 0 Å². The molecule has 2 aromatic rings. The average molecular weight is 470 g/mol. The highest BCUT2D eigenvalue weighted by Gasteiger charge is 2.48. The van der Waals surface area contributed by atoms with Crippen molar-refractivity contribution in [3.8, 4) is 0 Å². The van der Waals surface area contributed by atoms with Crippen LogP contribution >= 0.6 is 7.92 Å². The van der Waals surface area contributed by atoms with E-state index in [4.69, 9.17) is 0 Å². The fourth-order valence-corrected chi connectivity index (χ4v) is 9.36. The maximum atomic E-state index is 13.4. The molecule has 2 aromatic carbocycles. The van der Waals surface area contributed by atoms with Crippen LogP contribution < -0.4 is 5.30 Å². The highest BCUT2D eigenvalue weighted by Crippen LogP contribution is 2.68. The van der Waals surface area contributed by atoms with Crippen molar-refractivity contribution in [1.82, 2.24) is 0 Å².